The fourth-order valence-corrected chi connectivity index (χ4v) is 3.56. The Bertz CT molecular complexity index is 518. The minimum atomic E-state index is -3.91. The van der Waals surface area contributed by atoms with E-state index in [9.17, 15) is 17.9 Å². The van der Waals surface area contributed by atoms with E-state index >= 15 is 0 Å². The maximum atomic E-state index is 13.5. The lowest BCUT2D eigenvalue weighted by Gasteiger charge is -2.28. The van der Waals surface area contributed by atoms with Crippen molar-refractivity contribution < 1.29 is 17.9 Å². The fourth-order valence-electron chi connectivity index (χ4n) is 2.17. The summed E-state index contributed by atoms with van der Waals surface area (Å²) in [6, 6.07) is 4.70. The van der Waals surface area contributed by atoms with Crippen LogP contribution >= 0.6 is 0 Å². The van der Waals surface area contributed by atoms with Gasteiger partial charge < -0.3 is 5.11 Å². The minimum absolute atomic E-state index is 0.372. The quantitative estimate of drug-likeness (QED) is 0.875. The van der Waals surface area contributed by atoms with Gasteiger partial charge in [0.15, 0.2) is 0 Å². The molecule has 1 aliphatic rings. The van der Waals surface area contributed by atoms with Crippen molar-refractivity contribution in [3.8, 4) is 0 Å². The normalized spacial score (nSPS) is 25.0. The van der Waals surface area contributed by atoms with E-state index in [1.807, 2.05) is 0 Å². The smallest absolute Gasteiger partial charge is 0.243 e. The Kier molecular flexibility index (Phi) is 3.99. The molecule has 0 unspecified atom stereocenters. The molecule has 0 spiro atoms. The largest absolute Gasteiger partial charge is 0.391 e. The monoisotopic (exact) mass is 273 g/mol. The molecule has 1 aromatic rings. The summed E-state index contributed by atoms with van der Waals surface area (Å²) in [4.78, 5) is -0.372. The van der Waals surface area contributed by atoms with Crippen molar-refractivity contribution in [2.75, 3.05) is 0 Å². The van der Waals surface area contributed by atoms with Crippen LogP contribution in [0, 0.1) is 5.82 Å². The van der Waals surface area contributed by atoms with Gasteiger partial charge in [-0.1, -0.05) is 25.0 Å². The van der Waals surface area contributed by atoms with Gasteiger partial charge in [-0.15, -0.1) is 0 Å². The average molecular weight is 273 g/mol. The molecule has 0 aromatic heterocycles. The molecule has 6 heteroatoms. The van der Waals surface area contributed by atoms with Gasteiger partial charge in [-0.05, 0) is 25.0 Å². The molecule has 1 fully saturated rings. The summed E-state index contributed by atoms with van der Waals surface area (Å²) in [6.07, 6.45) is 2.21. The molecule has 0 aliphatic heterocycles. The summed E-state index contributed by atoms with van der Waals surface area (Å²) in [5.74, 6) is -0.782. The van der Waals surface area contributed by atoms with Crippen LogP contribution in [0.4, 0.5) is 4.39 Å². The molecule has 18 heavy (non-hydrogen) atoms. The Morgan fingerprint density at radius 2 is 1.89 bits per heavy atom. The van der Waals surface area contributed by atoms with E-state index in [0.29, 0.717) is 12.8 Å². The van der Waals surface area contributed by atoms with Gasteiger partial charge in [0.1, 0.15) is 10.7 Å². The highest BCUT2D eigenvalue weighted by atomic mass is 32.2. The zero-order valence-corrected chi connectivity index (χ0v) is 10.7. The number of hydrogen-bond donors (Lipinski definition) is 2. The van der Waals surface area contributed by atoms with Gasteiger partial charge in [0.25, 0.3) is 0 Å². The zero-order chi connectivity index (χ0) is 13.2. The van der Waals surface area contributed by atoms with Crippen LogP contribution in [0.3, 0.4) is 0 Å². The van der Waals surface area contributed by atoms with Crippen LogP contribution in [0.15, 0.2) is 29.2 Å². The van der Waals surface area contributed by atoms with Crippen LogP contribution in [0.25, 0.3) is 0 Å². The van der Waals surface area contributed by atoms with Crippen LogP contribution < -0.4 is 4.72 Å². The molecule has 1 aromatic carbocycles. The minimum Gasteiger partial charge on any atom is -0.391 e. The Morgan fingerprint density at radius 3 is 2.56 bits per heavy atom. The number of rotatable bonds is 3. The zero-order valence-electron chi connectivity index (χ0n) is 9.84. The van der Waals surface area contributed by atoms with Crippen LogP contribution in [0.5, 0.6) is 0 Å². The molecular weight excluding hydrogens is 257 g/mol. The van der Waals surface area contributed by atoms with E-state index in [2.05, 4.69) is 4.72 Å². The summed E-state index contributed by atoms with van der Waals surface area (Å²) in [7, 11) is -3.91. The van der Waals surface area contributed by atoms with E-state index in [-0.39, 0.29) is 4.90 Å². The number of sulfonamides is 1. The Balaban J connectivity index is 2.19. The van der Waals surface area contributed by atoms with E-state index in [1.165, 1.54) is 18.2 Å². The summed E-state index contributed by atoms with van der Waals surface area (Å²) in [5, 5.41) is 9.73. The Morgan fingerprint density at radius 1 is 1.22 bits per heavy atom. The highest BCUT2D eigenvalue weighted by molar-refractivity contribution is 7.89. The first-order valence-electron chi connectivity index (χ1n) is 5.95. The van der Waals surface area contributed by atoms with E-state index < -0.39 is 28.0 Å². The van der Waals surface area contributed by atoms with Gasteiger partial charge >= 0.3 is 0 Å². The highest BCUT2D eigenvalue weighted by Gasteiger charge is 2.29. The third-order valence-corrected chi connectivity index (χ3v) is 4.69. The molecule has 0 bridgehead atoms. The lowest BCUT2D eigenvalue weighted by Crippen LogP contribution is -2.45. The van der Waals surface area contributed by atoms with Crippen LogP contribution in [-0.2, 0) is 10.0 Å². The van der Waals surface area contributed by atoms with Crippen molar-refractivity contribution in [2.45, 2.75) is 42.7 Å². The van der Waals surface area contributed by atoms with E-state index in [1.54, 1.807) is 0 Å². The first kappa shape index (κ1) is 13.5. The van der Waals surface area contributed by atoms with Crippen LogP contribution in [-0.4, -0.2) is 25.7 Å². The molecule has 2 N–H and O–H groups in total. The maximum Gasteiger partial charge on any atom is 0.243 e. The number of aliphatic hydroxyl groups is 1. The van der Waals surface area contributed by atoms with Gasteiger partial charge in [-0.2, -0.15) is 0 Å². The summed E-state index contributed by atoms with van der Waals surface area (Å²) in [5.41, 5.74) is 0. The van der Waals surface area contributed by atoms with Gasteiger partial charge in [-0.25, -0.2) is 17.5 Å². The molecule has 1 aliphatic carbocycles. The second kappa shape index (κ2) is 5.34. The topological polar surface area (TPSA) is 66.4 Å². The summed E-state index contributed by atoms with van der Waals surface area (Å²) in [6.45, 7) is 0. The SMILES string of the molecule is O=S(=O)(N[C@@H]1CCCC[C@H]1O)c1ccccc1F. The molecule has 1 saturated carbocycles. The molecule has 4 nitrogen and oxygen atoms in total. The second-order valence-electron chi connectivity index (χ2n) is 4.51. The van der Waals surface area contributed by atoms with Gasteiger partial charge in [0.2, 0.25) is 10.0 Å². The Hall–Kier alpha value is -0.980. The number of nitrogens with one attached hydrogen (secondary N) is 1. The number of halogens is 1. The van der Waals surface area contributed by atoms with E-state index in [4.69, 9.17) is 0 Å². The lowest BCUT2D eigenvalue weighted by atomic mass is 9.93. The molecule has 0 radical (unpaired) electrons. The molecule has 2 atom stereocenters. The third kappa shape index (κ3) is 2.88. The third-order valence-electron chi connectivity index (χ3n) is 3.16. The number of hydrogen-bond acceptors (Lipinski definition) is 3. The van der Waals surface area contributed by atoms with Crippen LogP contribution in [0.2, 0.25) is 0 Å². The molecule has 0 heterocycles. The molecule has 100 valence electrons. The summed E-state index contributed by atoms with van der Waals surface area (Å²) < 4.78 is 39.8. The maximum absolute atomic E-state index is 13.5. The van der Waals surface area contributed by atoms with Crippen molar-refractivity contribution in [2.24, 2.45) is 0 Å². The predicted molar refractivity (Wildman–Crippen MR) is 65.0 cm³/mol. The van der Waals surface area contributed by atoms with Crippen LogP contribution in [0.1, 0.15) is 25.7 Å². The van der Waals surface area contributed by atoms with Crippen molar-refractivity contribution in [1.82, 2.24) is 4.72 Å². The number of aliphatic hydroxyl groups excluding tert-OH is 1. The van der Waals surface area contributed by atoms with Crippen molar-refractivity contribution in [1.29, 1.82) is 0 Å². The first-order valence-corrected chi connectivity index (χ1v) is 7.44. The van der Waals surface area contributed by atoms with Gasteiger partial charge in [0, 0.05) is 6.04 Å². The molecule has 0 saturated heterocycles. The second-order valence-corrected chi connectivity index (χ2v) is 6.19. The fraction of sp³-hybridized carbons (Fsp3) is 0.500. The molecular formula is C12H16FNO3S. The first-order chi connectivity index (χ1) is 8.50. The molecule has 2 rings (SSSR count). The molecule has 0 amide bonds. The van der Waals surface area contributed by atoms with Crippen molar-refractivity contribution >= 4 is 10.0 Å². The van der Waals surface area contributed by atoms with Crippen molar-refractivity contribution in [3.05, 3.63) is 30.1 Å². The average Bonchev–Trinajstić information content (AvgIpc) is 2.32. The lowest BCUT2D eigenvalue weighted by molar-refractivity contribution is 0.101. The summed E-state index contributed by atoms with van der Waals surface area (Å²) >= 11 is 0. The van der Waals surface area contributed by atoms with Gasteiger partial charge in [-0.3, -0.25) is 0 Å². The predicted octanol–water partition coefficient (Wildman–Crippen LogP) is 1.41. The van der Waals surface area contributed by atoms with Gasteiger partial charge in [0.05, 0.1) is 6.10 Å². The Labute approximate surface area is 106 Å². The van der Waals surface area contributed by atoms with Crippen molar-refractivity contribution in [3.63, 3.8) is 0 Å². The standard InChI is InChI=1S/C12H16FNO3S/c13-9-5-1-4-8-12(9)18(16,17)14-10-6-2-3-7-11(10)15/h1,4-5,8,10-11,14-15H,2-3,6-7H2/t10-,11-/m1/s1. The highest BCUT2D eigenvalue weighted by Crippen LogP contribution is 2.21. The number of benzene rings is 1. The van der Waals surface area contributed by atoms with E-state index in [0.717, 1.165) is 18.9 Å².